The van der Waals surface area contributed by atoms with Gasteiger partial charge < -0.3 is 10.3 Å². The molecule has 1 atom stereocenters. The van der Waals surface area contributed by atoms with Crippen LogP contribution in [0.15, 0.2) is 10.9 Å². The van der Waals surface area contributed by atoms with Gasteiger partial charge in [0.25, 0.3) is 5.56 Å². The Morgan fingerprint density at radius 2 is 2.05 bits per heavy atom. The number of nitrogens with one attached hydrogen (secondary N) is 2. The van der Waals surface area contributed by atoms with Crippen LogP contribution in [0.2, 0.25) is 0 Å². The zero-order valence-electron chi connectivity index (χ0n) is 11.8. The summed E-state index contributed by atoms with van der Waals surface area (Å²) in [5, 5.41) is 3.20. The third-order valence-electron chi connectivity index (χ3n) is 3.52. The predicted octanol–water partition coefficient (Wildman–Crippen LogP) is 1.54. The van der Waals surface area contributed by atoms with E-state index in [0.29, 0.717) is 12.5 Å². The van der Waals surface area contributed by atoms with E-state index in [1.807, 2.05) is 6.92 Å². The normalized spacial score (nSPS) is 18.7. The van der Waals surface area contributed by atoms with Crippen molar-refractivity contribution in [3.05, 3.63) is 27.9 Å². The van der Waals surface area contributed by atoms with Crippen LogP contribution in [0.25, 0.3) is 0 Å². The molecule has 0 bridgehead atoms. The Bertz CT molecular complexity index is 523. The number of aromatic nitrogens is 2. The Morgan fingerprint density at radius 1 is 1.38 bits per heavy atom. The second-order valence-electron chi connectivity index (χ2n) is 5.10. The van der Waals surface area contributed by atoms with Crippen molar-refractivity contribution in [2.24, 2.45) is 0 Å². The van der Waals surface area contributed by atoms with E-state index in [2.05, 4.69) is 20.2 Å². The van der Waals surface area contributed by atoms with Crippen LogP contribution in [0, 0.1) is 0 Å². The van der Waals surface area contributed by atoms with Crippen molar-refractivity contribution in [2.75, 3.05) is 26.2 Å². The van der Waals surface area contributed by atoms with Crippen LogP contribution >= 0.6 is 0 Å². The molecular weight excluding hydrogens is 285 g/mol. The highest BCUT2D eigenvalue weighted by molar-refractivity contribution is 5.09. The van der Waals surface area contributed by atoms with E-state index in [1.165, 1.54) is 0 Å². The number of piperazine rings is 1. The number of H-pyrrole nitrogens is 1. The van der Waals surface area contributed by atoms with Gasteiger partial charge in [0.15, 0.2) is 5.69 Å². The lowest BCUT2D eigenvalue weighted by Gasteiger charge is -2.34. The molecule has 0 aromatic carbocycles. The maximum atomic E-state index is 12.8. The smallest absolute Gasteiger partial charge is 0.314 e. The molecule has 2 N–H and O–H groups in total. The molecule has 8 heteroatoms. The first-order valence-corrected chi connectivity index (χ1v) is 7.05. The first kappa shape index (κ1) is 16.0. The van der Waals surface area contributed by atoms with Gasteiger partial charge >= 0.3 is 6.18 Å². The van der Waals surface area contributed by atoms with E-state index in [1.54, 1.807) is 0 Å². The number of nitrogens with zero attached hydrogens (tertiary/aromatic N) is 2. The quantitative estimate of drug-likeness (QED) is 0.886. The van der Waals surface area contributed by atoms with E-state index in [-0.39, 0.29) is 11.9 Å². The number of rotatable bonds is 4. The minimum Gasteiger partial charge on any atom is -0.314 e. The highest BCUT2D eigenvalue weighted by Crippen LogP contribution is 2.29. The number of halogens is 3. The van der Waals surface area contributed by atoms with Crippen LogP contribution in [0.4, 0.5) is 13.2 Å². The fourth-order valence-corrected chi connectivity index (χ4v) is 2.54. The zero-order chi connectivity index (χ0) is 15.5. The molecule has 2 rings (SSSR count). The summed E-state index contributed by atoms with van der Waals surface area (Å²) in [4.78, 5) is 19.7. The first-order chi connectivity index (χ1) is 9.91. The summed E-state index contributed by atoms with van der Waals surface area (Å²) in [6.45, 7) is 4.98. The van der Waals surface area contributed by atoms with E-state index < -0.39 is 17.4 Å². The molecule has 0 amide bonds. The maximum absolute atomic E-state index is 12.8. The molecule has 1 aliphatic rings. The van der Waals surface area contributed by atoms with E-state index in [4.69, 9.17) is 0 Å². The fourth-order valence-electron chi connectivity index (χ4n) is 2.54. The lowest BCUT2D eigenvalue weighted by molar-refractivity contribution is -0.141. The number of alkyl halides is 3. The van der Waals surface area contributed by atoms with Crippen molar-refractivity contribution < 1.29 is 13.2 Å². The third-order valence-corrected chi connectivity index (χ3v) is 3.52. The molecule has 1 aromatic heterocycles. The Labute approximate surface area is 120 Å². The van der Waals surface area contributed by atoms with Gasteiger partial charge in [0.1, 0.15) is 5.82 Å². The summed E-state index contributed by atoms with van der Waals surface area (Å²) in [5.41, 5.74) is -1.89. The second-order valence-corrected chi connectivity index (χ2v) is 5.10. The molecule has 21 heavy (non-hydrogen) atoms. The second kappa shape index (κ2) is 6.57. The highest BCUT2D eigenvalue weighted by atomic mass is 19.4. The Balaban J connectivity index is 2.35. The Kier molecular flexibility index (Phi) is 5.00. The topological polar surface area (TPSA) is 61.0 Å². The fraction of sp³-hybridized carbons (Fsp3) is 0.692. The maximum Gasteiger partial charge on any atom is 0.433 e. The van der Waals surface area contributed by atoms with Gasteiger partial charge in [0.05, 0.1) is 6.04 Å². The minimum absolute atomic E-state index is 0.110. The molecule has 1 aromatic rings. The number of hydrogen-bond acceptors (Lipinski definition) is 4. The molecule has 1 fully saturated rings. The standard InChI is InChI=1S/C13H19F3N4O/c1-2-3-9(20-6-4-17-5-7-20)12-18-10(13(14,15)16)8-11(21)19-12/h8-9,17H,2-7H2,1H3,(H,18,19,21). The van der Waals surface area contributed by atoms with Gasteiger partial charge in [-0.3, -0.25) is 9.69 Å². The van der Waals surface area contributed by atoms with Gasteiger partial charge in [0.2, 0.25) is 0 Å². The van der Waals surface area contributed by atoms with Crippen LogP contribution in [0.5, 0.6) is 0 Å². The number of hydrogen-bond donors (Lipinski definition) is 2. The minimum atomic E-state index is -4.61. The highest BCUT2D eigenvalue weighted by Gasteiger charge is 2.34. The molecule has 118 valence electrons. The Hall–Kier alpha value is -1.41. The first-order valence-electron chi connectivity index (χ1n) is 7.05. The average molecular weight is 304 g/mol. The van der Waals surface area contributed by atoms with Crippen LogP contribution < -0.4 is 10.9 Å². The average Bonchev–Trinajstić information content (AvgIpc) is 2.44. The summed E-state index contributed by atoms with van der Waals surface area (Å²) in [7, 11) is 0. The van der Waals surface area contributed by atoms with Crippen LogP contribution in [0.3, 0.4) is 0 Å². The summed E-state index contributed by atoms with van der Waals surface area (Å²) in [6.07, 6.45) is -3.15. The molecule has 0 saturated carbocycles. The van der Waals surface area contributed by atoms with E-state index in [9.17, 15) is 18.0 Å². The molecule has 1 saturated heterocycles. The van der Waals surface area contributed by atoms with Gasteiger partial charge in [-0.15, -0.1) is 0 Å². The molecule has 2 heterocycles. The van der Waals surface area contributed by atoms with Gasteiger partial charge in [-0.2, -0.15) is 13.2 Å². The van der Waals surface area contributed by atoms with Crippen molar-refractivity contribution in [2.45, 2.75) is 32.0 Å². The Morgan fingerprint density at radius 3 is 2.62 bits per heavy atom. The number of aromatic amines is 1. The predicted molar refractivity (Wildman–Crippen MR) is 72.0 cm³/mol. The molecule has 0 aliphatic carbocycles. The van der Waals surface area contributed by atoms with Crippen molar-refractivity contribution in [1.29, 1.82) is 0 Å². The lowest BCUT2D eigenvalue weighted by Crippen LogP contribution is -2.45. The van der Waals surface area contributed by atoms with Crippen molar-refractivity contribution in [3.8, 4) is 0 Å². The third kappa shape index (κ3) is 4.04. The van der Waals surface area contributed by atoms with Crippen LogP contribution in [0.1, 0.15) is 37.3 Å². The summed E-state index contributed by atoms with van der Waals surface area (Å²) < 4.78 is 38.4. The van der Waals surface area contributed by atoms with Crippen LogP contribution in [-0.2, 0) is 6.18 Å². The van der Waals surface area contributed by atoms with E-state index >= 15 is 0 Å². The molecule has 1 aliphatic heterocycles. The van der Waals surface area contributed by atoms with Gasteiger partial charge in [-0.05, 0) is 6.42 Å². The lowest BCUT2D eigenvalue weighted by atomic mass is 10.1. The summed E-state index contributed by atoms with van der Waals surface area (Å²) in [6, 6.07) is 0.219. The van der Waals surface area contributed by atoms with Gasteiger partial charge in [-0.1, -0.05) is 13.3 Å². The van der Waals surface area contributed by atoms with Gasteiger partial charge in [0, 0.05) is 32.2 Å². The van der Waals surface area contributed by atoms with Crippen LogP contribution in [-0.4, -0.2) is 41.0 Å². The molecule has 5 nitrogen and oxygen atoms in total. The molecular formula is C13H19F3N4O. The van der Waals surface area contributed by atoms with Crippen molar-refractivity contribution in [3.63, 3.8) is 0 Å². The SMILES string of the molecule is CCCC(c1nc(C(F)(F)F)cc(=O)[nH]1)N1CCNCC1. The monoisotopic (exact) mass is 304 g/mol. The summed E-state index contributed by atoms with van der Waals surface area (Å²) >= 11 is 0. The van der Waals surface area contributed by atoms with Crippen molar-refractivity contribution >= 4 is 0 Å². The van der Waals surface area contributed by atoms with Gasteiger partial charge in [-0.25, -0.2) is 4.98 Å². The zero-order valence-corrected chi connectivity index (χ0v) is 11.8. The largest absolute Gasteiger partial charge is 0.433 e. The molecule has 1 unspecified atom stereocenters. The summed E-state index contributed by atoms with van der Waals surface area (Å²) in [5.74, 6) is 0.110. The van der Waals surface area contributed by atoms with E-state index in [0.717, 1.165) is 32.6 Å². The van der Waals surface area contributed by atoms with Crippen molar-refractivity contribution in [1.82, 2.24) is 20.2 Å². The molecule has 0 spiro atoms. The molecule has 0 radical (unpaired) electrons.